The minimum atomic E-state index is -1.49. The van der Waals surface area contributed by atoms with E-state index in [1.807, 2.05) is 0 Å². The number of hydrogen-bond donors (Lipinski definition) is 0. The van der Waals surface area contributed by atoms with Crippen molar-refractivity contribution in [3.8, 4) is 0 Å². The van der Waals surface area contributed by atoms with Gasteiger partial charge in [0.2, 0.25) is 8.32 Å². The molecule has 20 heavy (non-hydrogen) atoms. The molecule has 0 aliphatic heterocycles. The molecule has 2 heteroatoms. The van der Waals surface area contributed by atoms with Gasteiger partial charge in [-0.15, -0.1) is 0 Å². The van der Waals surface area contributed by atoms with Crippen molar-refractivity contribution in [1.82, 2.24) is 0 Å². The van der Waals surface area contributed by atoms with Gasteiger partial charge in [0.15, 0.2) is 0 Å². The van der Waals surface area contributed by atoms with E-state index in [-0.39, 0.29) is 0 Å². The molecule has 112 valence electrons. The molecule has 1 aromatic rings. The van der Waals surface area contributed by atoms with Gasteiger partial charge in [-0.3, -0.25) is 0 Å². The third kappa shape index (κ3) is 6.95. The third-order valence-electron chi connectivity index (χ3n) is 3.25. The number of rotatable bonds is 8. The maximum absolute atomic E-state index is 6.10. The lowest BCUT2D eigenvalue weighted by Gasteiger charge is -2.22. The van der Waals surface area contributed by atoms with Crippen molar-refractivity contribution in [2.75, 3.05) is 0 Å². The van der Waals surface area contributed by atoms with Gasteiger partial charge < -0.3 is 4.43 Å². The van der Waals surface area contributed by atoms with Crippen LogP contribution in [-0.4, -0.2) is 8.32 Å². The summed E-state index contributed by atoms with van der Waals surface area (Å²) in [5.74, 6) is 1.58. The SMILES string of the molecule is CCCCC[C@H](C=C(C)O[Si](C)(C)C)c1ccccc1. The average molecular weight is 291 g/mol. The Hall–Kier alpha value is -1.02. The fourth-order valence-corrected chi connectivity index (χ4v) is 3.49. The highest BCUT2D eigenvalue weighted by Crippen LogP contribution is 2.26. The summed E-state index contributed by atoms with van der Waals surface area (Å²) in [6.07, 6.45) is 7.40. The van der Waals surface area contributed by atoms with Crippen LogP contribution in [0.4, 0.5) is 0 Å². The molecular weight excluding hydrogens is 260 g/mol. The summed E-state index contributed by atoms with van der Waals surface area (Å²) in [5.41, 5.74) is 1.40. The number of unbranched alkanes of at least 4 members (excludes halogenated alkanes) is 2. The maximum Gasteiger partial charge on any atom is 0.241 e. The first-order valence-corrected chi connectivity index (χ1v) is 11.3. The van der Waals surface area contributed by atoms with E-state index in [0.29, 0.717) is 5.92 Å². The largest absolute Gasteiger partial charge is 0.548 e. The normalized spacial score (nSPS) is 14.2. The standard InChI is InChI=1S/C18H30OSi/c1-6-7-9-14-18(17-12-10-8-11-13-17)15-16(2)19-20(3,4)5/h8,10-13,15,18H,6-7,9,14H2,1-5H3/t18-/m1/s1. The van der Waals surface area contributed by atoms with Crippen LogP contribution in [0, 0.1) is 0 Å². The molecule has 0 aromatic heterocycles. The van der Waals surface area contributed by atoms with Crippen LogP contribution >= 0.6 is 0 Å². The van der Waals surface area contributed by atoms with Crippen LogP contribution in [0.5, 0.6) is 0 Å². The van der Waals surface area contributed by atoms with Crippen LogP contribution in [0.3, 0.4) is 0 Å². The molecular formula is C18H30OSi. The Morgan fingerprint density at radius 3 is 2.35 bits per heavy atom. The number of hydrogen-bond acceptors (Lipinski definition) is 1. The van der Waals surface area contributed by atoms with E-state index in [4.69, 9.17) is 4.43 Å². The lowest BCUT2D eigenvalue weighted by Crippen LogP contribution is -2.24. The molecule has 0 spiro atoms. The lowest BCUT2D eigenvalue weighted by atomic mass is 9.92. The average Bonchev–Trinajstić information content (AvgIpc) is 2.37. The minimum absolute atomic E-state index is 0.485. The first kappa shape index (κ1) is 17.0. The van der Waals surface area contributed by atoms with Gasteiger partial charge in [-0.25, -0.2) is 0 Å². The van der Waals surface area contributed by atoms with Crippen molar-refractivity contribution in [3.63, 3.8) is 0 Å². The van der Waals surface area contributed by atoms with E-state index in [1.54, 1.807) is 0 Å². The zero-order valence-electron chi connectivity index (χ0n) is 13.8. The van der Waals surface area contributed by atoms with Crippen molar-refractivity contribution in [2.24, 2.45) is 0 Å². The molecule has 0 saturated heterocycles. The topological polar surface area (TPSA) is 9.23 Å². The van der Waals surface area contributed by atoms with Crippen molar-refractivity contribution in [1.29, 1.82) is 0 Å². The Morgan fingerprint density at radius 1 is 1.15 bits per heavy atom. The third-order valence-corrected chi connectivity index (χ3v) is 4.18. The summed E-state index contributed by atoms with van der Waals surface area (Å²) < 4.78 is 6.10. The first-order chi connectivity index (χ1) is 9.42. The van der Waals surface area contributed by atoms with Gasteiger partial charge in [0.25, 0.3) is 0 Å². The summed E-state index contributed by atoms with van der Waals surface area (Å²) in [4.78, 5) is 0. The van der Waals surface area contributed by atoms with E-state index in [9.17, 15) is 0 Å². The lowest BCUT2D eigenvalue weighted by molar-refractivity contribution is 0.418. The van der Waals surface area contributed by atoms with Gasteiger partial charge in [0, 0.05) is 5.92 Å². The zero-order chi connectivity index (χ0) is 15.0. The van der Waals surface area contributed by atoms with Crippen LogP contribution in [0.15, 0.2) is 42.2 Å². The fourth-order valence-electron chi connectivity index (χ4n) is 2.46. The van der Waals surface area contributed by atoms with Crippen molar-refractivity contribution < 1.29 is 4.43 Å². The Bertz CT molecular complexity index is 403. The minimum Gasteiger partial charge on any atom is -0.548 e. The van der Waals surface area contributed by atoms with Crippen LogP contribution in [0.25, 0.3) is 0 Å². The molecule has 0 fully saturated rings. The van der Waals surface area contributed by atoms with E-state index in [2.05, 4.69) is 69.9 Å². The molecule has 0 heterocycles. The summed E-state index contributed by atoms with van der Waals surface area (Å²) in [6, 6.07) is 10.8. The Labute approximate surface area is 126 Å². The van der Waals surface area contributed by atoms with Crippen LogP contribution in [-0.2, 0) is 4.43 Å². The monoisotopic (exact) mass is 290 g/mol. The van der Waals surface area contributed by atoms with E-state index in [0.717, 1.165) is 5.76 Å². The van der Waals surface area contributed by atoms with Gasteiger partial charge in [0.1, 0.15) is 0 Å². The highest BCUT2D eigenvalue weighted by Gasteiger charge is 2.17. The second kappa shape index (κ2) is 8.31. The zero-order valence-corrected chi connectivity index (χ0v) is 14.8. The molecule has 0 aliphatic rings. The second-order valence-electron chi connectivity index (χ2n) is 6.50. The van der Waals surface area contributed by atoms with Crippen molar-refractivity contribution in [3.05, 3.63) is 47.7 Å². The fraction of sp³-hybridized carbons (Fsp3) is 0.556. The van der Waals surface area contributed by atoms with Crippen LogP contribution in [0.1, 0.15) is 51.0 Å². The molecule has 0 radical (unpaired) electrons. The van der Waals surface area contributed by atoms with E-state index in [1.165, 1.54) is 31.2 Å². The van der Waals surface area contributed by atoms with Crippen molar-refractivity contribution in [2.45, 2.75) is 65.1 Å². The molecule has 0 bridgehead atoms. The second-order valence-corrected chi connectivity index (χ2v) is 10.9. The Balaban J connectivity index is 2.79. The summed E-state index contributed by atoms with van der Waals surface area (Å²) in [5, 5.41) is 0. The van der Waals surface area contributed by atoms with Gasteiger partial charge in [-0.05, 0) is 44.6 Å². The Kier molecular flexibility index (Phi) is 7.07. The molecule has 1 rings (SSSR count). The first-order valence-electron chi connectivity index (χ1n) is 7.84. The smallest absolute Gasteiger partial charge is 0.241 e. The predicted molar refractivity (Wildman–Crippen MR) is 91.5 cm³/mol. The highest BCUT2D eigenvalue weighted by molar-refractivity contribution is 6.70. The van der Waals surface area contributed by atoms with Gasteiger partial charge in [0.05, 0.1) is 5.76 Å². The van der Waals surface area contributed by atoms with Crippen LogP contribution < -0.4 is 0 Å². The van der Waals surface area contributed by atoms with Crippen molar-refractivity contribution >= 4 is 8.32 Å². The predicted octanol–water partition coefficient (Wildman–Crippen LogP) is 6.11. The van der Waals surface area contributed by atoms with E-state index >= 15 is 0 Å². The summed E-state index contributed by atoms with van der Waals surface area (Å²) >= 11 is 0. The number of benzene rings is 1. The molecule has 0 saturated carbocycles. The maximum atomic E-state index is 6.10. The molecule has 1 aromatic carbocycles. The van der Waals surface area contributed by atoms with Gasteiger partial charge in [-0.1, -0.05) is 56.5 Å². The Morgan fingerprint density at radius 2 is 1.80 bits per heavy atom. The van der Waals surface area contributed by atoms with Gasteiger partial charge >= 0.3 is 0 Å². The van der Waals surface area contributed by atoms with Crippen LogP contribution in [0.2, 0.25) is 19.6 Å². The summed E-state index contributed by atoms with van der Waals surface area (Å²) in [7, 11) is -1.49. The molecule has 0 N–H and O–H groups in total. The molecule has 0 aliphatic carbocycles. The summed E-state index contributed by atoms with van der Waals surface area (Å²) in [6.45, 7) is 11.1. The van der Waals surface area contributed by atoms with Gasteiger partial charge in [-0.2, -0.15) is 0 Å². The number of allylic oxidation sites excluding steroid dienone is 2. The molecule has 1 atom stereocenters. The van der Waals surface area contributed by atoms with E-state index < -0.39 is 8.32 Å². The molecule has 1 nitrogen and oxygen atoms in total. The highest BCUT2D eigenvalue weighted by atomic mass is 28.4. The molecule has 0 unspecified atom stereocenters. The quantitative estimate of drug-likeness (QED) is 0.319. The molecule has 0 amide bonds.